The Balaban J connectivity index is 2.40. The summed E-state index contributed by atoms with van der Waals surface area (Å²) in [5.74, 6) is -0.397. The minimum Gasteiger partial charge on any atom is -0.457 e. The van der Waals surface area contributed by atoms with E-state index in [4.69, 9.17) is 23.5 Å². The Morgan fingerprint density at radius 3 is 1.57 bits per heavy atom. The second kappa shape index (κ2) is 37.6. The lowest BCUT2D eigenvalue weighted by atomic mass is 9.99. The largest absolute Gasteiger partial charge is 0.457 e. The predicted octanol–water partition coefficient (Wildman–Crippen LogP) is 9.86. The van der Waals surface area contributed by atoms with Gasteiger partial charge in [-0.2, -0.15) is 8.42 Å². The molecule has 13 heteroatoms. The van der Waals surface area contributed by atoms with Crippen LogP contribution in [0, 0.1) is 0 Å². The first-order valence-corrected chi connectivity index (χ1v) is 24.8. The number of hydrogen-bond donors (Lipinski definition) is 4. The molecule has 0 aromatic heterocycles. The van der Waals surface area contributed by atoms with Crippen molar-refractivity contribution in [1.82, 2.24) is 0 Å². The van der Waals surface area contributed by atoms with E-state index in [0.717, 1.165) is 44.9 Å². The number of unbranched alkanes of at least 4 members (excludes halogenated alkanes) is 26. The molecule has 0 saturated carbocycles. The number of aliphatic hydroxyl groups excluding tert-OH is 3. The summed E-state index contributed by atoms with van der Waals surface area (Å²) in [7, 11) is -5.06. The molecular formula is C45H86O12S. The molecule has 0 amide bonds. The smallest absolute Gasteiger partial charge is 0.397 e. The average Bonchev–Trinajstić information content (AvgIpc) is 3.19. The van der Waals surface area contributed by atoms with Crippen molar-refractivity contribution in [3.63, 3.8) is 0 Å². The van der Waals surface area contributed by atoms with Crippen LogP contribution in [0.2, 0.25) is 0 Å². The summed E-state index contributed by atoms with van der Waals surface area (Å²) in [6.07, 6.45) is 31.0. The van der Waals surface area contributed by atoms with Crippen LogP contribution in [0.25, 0.3) is 0 Å². The first-order chi connectivity index (χ1) is 28.1. The Bertz CT molecular complexity index is 1070. The summed E-state index contributed by atoms with van der Waals surface area (Å²) in [5.41, 5.74) is 0. The molecule has 1 aliphatic heterocycles. The normalized spacial score (nSPS) is 20.6. The van der Waals surface area contributed by atoms with Gasteiger partial charge in [0.15, 0.2) is 6.29 Å². The summed E-state index contributed by atoms with van der Waals surface area (Å²) in [6.45, 7) is 3.99. The highest BCUT2D eigenvalue weighted by Gasteiger charge is 2.48. The number of carbonyl (C=O) groups excluding carboxylic acids is 1. The molecule has 1 heterocycles. The Kier molecular flexibility index (Phi) is 35.6. The summed E-state index contributed by atoms with van der Waals surface area (Å²) < 4.78 is 59.1. The molecule has 6 atom stereocenters. The van der Waals surface area contributed by atoms with Crippen molar-refractivity contribution in [3.8, 4) is 0 Å². The van der Waals surface area contributed by atoms with Crippen LogP contribution in [-0.2, 0) is 38.3 Å². The molecule has 0 spiro atoms. The summed E-state index contributed by atoms with van der Waals surface area (Å²) in [5, 5.41) is 30.7. The highest BCUT2D eigenvalue weighted by Crippen LogP contribution is 2.26. The minimum atomic E-state index is -5.06. The van der Waals surface area contributed by atoms with E-state index in [0.29, 0.717) is 13.0 Å². The molecule has 0 aromatic rings. The third-order valence-corrected chi connectivity index (χ3v) is 11.4. The molecule has 1 saturated heterocycles. The van der Waals surface area contributed by atoms with Crippen molar-refractivity contribution in [1.29, 1.82) is 0 Å². The second-order valence-electron chi connectivity index (χ2n) is 16.4. The van der Waals surface area contributed by atoms with Gasteiger partial charge in [0.1, 0.15) is 30.5 Å². The molecule has 1 aliphatic rings. The van der Waals surface area contributed by atoms with Crippen LogP contribution < -0.4 is 0 Å². The molecule has 6 unspecified atom stereocenters. The molecular weight excluding hydrogens is 765 g/mol. The average molecular weight is 851 g/mol. The lowest BCUT2D eigenvalue weighted by Gasteiger charge is -2.41. The number of hydrogen-bond acceptors (Lipinski definition) is 11. The number of esters is 1. The van der Waals surface area contributed by atoms with E-state index in [2.05, 4.69) is 30.2 Å². The van der Waals surface area contributed by atoms with Crippen molar-refractivity contribution >= 4 is 16.4 Å². The molecule has 0 bridgehead atoms. The van der Waals surface area contributed by atoms with E-state index in [-0.39, 0.29) is 19.6 Å². The van der Waals surface area contributed by atoms with Crippen molar-refractivity contribution in [3.05, 3.63) is 12.2 Å². The fourth-order valence-corrected chi connectivity index (χ4v) is 7.82. The van der Waals surface area contributed by atoms with Crippen molar-refractivity contribution in [2.45, 2.75) is 243 Å². The Morgan fingerprint density at radius 2 is 1.09 bits per heavy atom. The molecule has 1 rings (SSSR count). The zero-order valence-electron chi connectivity index (χ0n) is 36.6. The van der Waals surface area contributed by atoms with Crippen LogP contribution in [0.15, 0.2) is 12.2 Å². The number of allylic oxidation sites excluding steroid dienone is 2. The minimum absolute atomic E-state index is 0.0371. The number of rotatable bonds is 41. The predicted molar refractivity (Wildman–Crippen MR) is 230 cm³/mol. The van der Waals surface area contributed by atoms with Crippen LogP contribution >= 0.6 is 0 Å². The molecule has 4 N–H and O–H groups in total. The maximum absolute atomic E-state index is 12.9. The van der Waals surface area contributed by atoms with Gasteiger partial charge in [-0.25, -0.2) is 4.18 Å². The van der Waals surface area contributed by atoms with Gasteiger partial charge < -0.3 is 34.3 Å². The van der Waals surface area contributed by atoms with E-state index in [9.17, 15) is 28.5 Å². The van der Waals surface area contributed by atoms with Crippen LogP contribution in [0.1, 0.15) is 206 Å². The molecule has 0 aliphatic carbocycles. The zero-order valence-corrected chi connectivity index (χ0v) is 37.4. The lowest BCUT2D eigenvalue weighted by molar-refractivity contribution is -0.301. The van der Waals surface area contributed by atoms with Gasteiger partial charge in [0, 0.05) is 13.0 Å². The van der Waals surface area contributed by atoms with E-state index in [1.54, 1.807) is 0 Å². The highest BCUT2D eigenvalue weighted by molar-refractivity contribution is 7.80. The van der Waals surface area contributed by atoms with Crippen LogP contribution in [0.4, 0.5) is 0 Å². The molecule has 0 aromatic carbocycles. The fraction of sp³-hybridized carbons (Fsp3) is 0.933. The fourth-order valence-electron chi connectivity index (χ4n) is 7.32. The van der Waals surface area contributed by atoms with E-state index in [1.807, 2.05) is 0 Å². The molecule has 12 nitrogen and oxygen atoms in total. The zero-order chi connectivity index (χ0) is 42.5. The van der Waals surface area contributed by atoms with Crippen molar-refractivity contribution in [2.75, 3.05) is 26.4 Å². The van der Waals surface area contributed by atoms with Crippen molar-refractivity contribution < 1.29 is 56.2 Å². The van der Waals surface area contributed by atoms with Crippen LogP contribution in [0.3, 0.4) is 0 Å². The van der Waals surface area contributed by atoms with Gasteiger partial charge in [-0.3, -0.25) is 9.35 Å². The summed E-state index contributed by atoms with van der Waals surface area (Å²) in [6, 6.07) is 0. The SMILES string of the molecule is CCCCCC/C=C\CCCCCCCCOCC(COC1OC(CO)C(O)C(OS(=O)(=O)O)C1O)OC(=O)CCCCCCCCCCCCCCCCCCC. The molecule has 344 valence electrons. The quantitative estimate of drug-likeness (QED) is 0.0198. The summed E-state index contributed by atoms with van der Waals surface area (Å²) >= 11 is 0. The van der Waals surface area contributed by atoms with Gasteiger partial charge >= 0.3 is 16.4 Å². The van der Waals surface area contributed by atoms with Gasteiger partial charge in [-0.15, -0.1) is 0 Å². The van der Waals surface area contributed by atoms with Gasteiger partial charge in [0.25, 0.3) is 0 Å². The maximum Gasteiger partial charge on any atom is 0.397 e. The topological polar surface area (TPSA) is 178 Å². The third kappa shape index (κ3) is 30.8. The van der Waals surface area contributed by atoms with E-state index >= 15 is 0 Å². The maximum atomic E-state index is 12.9. The molecule has 0 radical (unpaired) electrons. The summed E-state index contributed by atoms with van der Waals surface area (Å²) in [4.78, 5) is 12.9. The second-order valence-corrected chi connectivity index (χ2v) is 17.4. The van der Waals surface area contributed by atoms with Gasteiger partial charge in [0.2, 0.25) is 0 Å². The highest BCUT2D eigenvalue weighted by atomic mass is 32.3. The first-order valence-electron chi connectivity index (χ1n) is 23.4. The van der Waals surface area contributed by atoms with Crippen LogP contribution in [0.5, 0.6) is 0 Å². The van der Waals surface area contributed by atoms with Gasteiger partial charge in [-0.05, 0) is 38.5 Å². The third-order valence-electron chi connectivity index (χ3n) is 10.9. The standard InChI is InChI=1S/C45H86O12S/c1-3-5-7-9-11-13-15-17-19-20-21-22-24-26-28-30-32-34-41(47)55-39(37-53-35-33-31-29-27-25-23-18-16-14-12-10-8-6-4-2)38-54-45-43(49)44(57-58(50,51)52)42(48)40(36-46)56-45/h14,16,39-40,42-46,48-49H,3-13,15,17-38H2,1-2H3,(H,50,51,52)/b16-14-. The van der Waals surface area contributed by atoms with E-state index < -0.39 is 59.8 Å². The van der Waals surface area contributed by atoms with Crippen molar-refractivity contribution in [2.24, 2.45) is 0 Å². The lowest BCUT2D eigenvalue weighted by Crippen LogP contribution is -2.60. The molecule has 1 fully saturated rings. The Hall–Kier alpha value is -1.16. The monoisotopic (exact) mass is 851 g/mol. The number of carbonyl (C=O) groups is 1. The van der Waals surface area contributed by atoms with Gasteiger partial charge in [0.05, 0.1) is 19.8 Å². The van der Waals surface area contributed by atoms with Gasteiger partial charge in [-0.1, -0.05) is 174 Å². The molecule has 58 heavy (non-hydrogen) atoms. The first kappa shape index (κ1) is 54.9. The number of ether oxygens (including phenoxy) is 4. The Morgan fingerprint density at radius 1 is 0.638 bits per heavy atom. The van der Waals surface area contributed by atoms with Crippen LogP contribution in [-0.4, -0.2) is 97.5 Å². The Labute approximate surface area is 353 Å². The number of aliphatic hydroxyl groups is 3. The van der Waals surface area contributed by atoms with E-state index in [1.165, 1.54) is 135 Å².